The van der Waals surface area contributed by atoms with E-state index >= 15 is 0 Å². The Kier molecular flexibility index (Phi) is 10.00. The minimum Gasteiger partial charge on any atom is -0.508 e. The summed E-state index contributed by atoms with van der Waals surface area (Å²) >= 11 is 0. The van der Waals surface area contributed by atoms with Crippen molar-refractivity contribution in [3.8, 4) is 18.2 Å². The second-order valence-electron chi connectivity index (χ2n) is 10.2. The van der Waals surface area contributed by atoms with Crippen LogP contribution in [-0.4, -0.2) is 45.6 Å². The van der Waals surface area contributed by atoms with Crippen LogP contribution in [0.2, 0.25) is 0 Å². The molecule has 0 radical (unpaired) electrons. The highest BCUT2D eigenvalue weighted by Crippen LogP contribution is 2.27. The quantitative estimate of drug-likeness (QED) is 0.377. The maximum Gasteiger partial charge on any atom is 0.408 e. The number of benzene rings is 1. The summed E-state index contributed by atoms with van der Waals surface area (Å²) in [5.74, 6) is -1.21. The Morgan fingerprint density at radius 3 is 2.29 bits per heavy atom. The van der Waals surface area contributed by atoms with Gasteiger partial charge in [0.1, 0.15) is 23.4 Å². The molecule has 1 saturated carbocycles. The molecule has 192 valence electrons. The molecular formula is C27H39N3O5. The Labute approximate surface area is 208 Å². The lowest BCUT2D eigenvalue weighted by molar-refractivity contribution is -0.139. The molecule has 2 rings (SSSR count). The minimum absolute atomic E-state index is 0.0100. The molecule has 3 unspecified atom stereocenters. The third kappa shape index (κ3) is 8.20. The molecule has 3 N–H and O–H groups in total. The van der Waals surface area contributed by atoms with Crippen LogP contribution in [0.5, 0.6) is 5.75 Å². The predicted molar refractivity (Wildman–Crippen MR) is 134 cm³/mol. The zero-order valence-corrected chi connectivity index (χ0v) is 21.5. The van der Waals surface area contributed by atoms with E-state index in [9.17, 15) is 19.5 Å². The number of phenolic OH excluding ortho intramolecular Hbond substituents is 1. The first-order valence-corrected chi connectivity index (χ1v) is 12.3. The molecule has 0 saturated heterocycles. The highest BCUT2D eigenvalue weighted by molar-refractivity contribution is 5.93. The number of terminal acetylenes is 1. The molecule has 8 nitrogen and oxygen atoms in total. The van der Waals surface area contributed by atoms with Gasteiger partial charge in [-0.05, 0) is 57.2 Å². The molecule has 1 aromatic carbocycles. The van der Waals surface area contributed by atoms with Gasteiger partial charge in [0.25, 0.3) is 5.91 Å². The van der Waals surface area contributed by atoms with Crippen LogP contribution in [0.15, 0.2) is 24.3 Å². The fraction of sp³-hybridized carbons (Fsp3) is 0.593. The zero-order chi connectivity index (χ0) is 26.2. The van der Waals surface area contributed by atoms with Crippen molar-refractivity contribution in [2.24, 2.45) is 5.92 Å². The fourth-order valence-corrected chi connectivity index (χ4v) is 4.13. The average Bonchev–Trinajstić information content (AvgIpc) is 2.80. The molecule has 35 heavy (non-hydrogen) atoms. The molecule has 3 amide bonds. The van der Waals surface area contributed by atoms with Gasteiger partial charge in [0.15, 0.2) is 0 Å². The maximum atomic E-state index is 13.7. The highest BCUT2D eigenvalue weighted by atomic mass is 16.6. The van der Waals surface area contributed by atoms with Crippen molar-refractivity contribution in [3.05, 3.63) is 29.8 Å². The SMILES string of the molecule is C#CN(C(=O)C(NC(=O)OC(C)(C)C)C(C)CC)C(C(=O)NC1CCCCC1)c1ccc(O)cc1. The largest absolute Gasteiger partial charge is 0.508 e. The lowest BCUT2D eigenvalue weighted by atomic mass is 9.94. The molecule has 0 bridgehead atoms. The number of carbonyl (C=O) groups excluding carboxylic acids is 3. The lowest BCUT2D eigenvalue weighted by Crippen LogP contribution is -2.54. The fourth-order valence-electron chi connectivity index (χ4n) is 4.13. The van der Waals surface area contributed by atoms with Crippen molar-refractivity contribution in [1.82, 2.24) is 15.5 Å². The van der Waals surface area contributed by atoms with Crippen molar-refractivity contribution < 1.29 is 24.2 Å². The number of hydrogen-bond donors (Lipinski definition) is 3. The molecule has 1 aromatic rings. The summed E-state index contributed by atoms with van der Waals surface area (Å²) in [5, 5.41) is 15.5. The van der Waals surface area contributed by atoms with Crippen LogP contribution in [0.4, 0.5) is 4.79 Å². The molecule has 0 heterocycles. The van der Waals surface area contributed by atoms with Gasteiger partial charge in [-0.3, -0.25) is 14.5 Å². The number of hydrogen-bond acceptors (Lipinski definition) is 5. The first-order valence-electron chi connectivity index (χ1n) is 12.3. The highest BCUT2D eigenvalue weighted by Gasteiger charge is 2.38. The van der Waals surface area contributed by atoms with E-state index in [2.05, 4.69) is 16.7 Å². The van der Waals surface area contributed by atoms with E-state index in [0.29, 0.717) is 12.0 Å². The lowest BCUT2D eigenvalue weighted by Gasteiger charge is -2.33. The predicted octanol–water partition coefficient (Wildman–Crippen LogP) is 4.24. The number of phenols is 1. The van der Waals surface area contributed by atoms with Gasteiger partial charge in [-0.15, -0.1) is 0 Å². The maximum absolute atomic E-state index is 13.7. The number of amides is 3. The topological polar surface area (TPSA) is 108 Å². The number of rotatable bonds is 8. The van der Waals surface area contributed by atoms with Crippen LogP contribution in [0, 0.1) is 18.4 Å². The third-order valence-corrected chi connectivity index (χ3v) is 6.19. The summed E-state index contributed by atoms with van der Waals surface area (Å²) in [4.78, 5) is 40.8. The summed E-state index contributed by atoms with van der Waals surface area (Å²) in [5.41, 5.74) is -0.282. The first kappa shape index (κ1) is 28.0. The number of alkyl carbamates (subject to hydrolysis) is 1. The average molecular weight is 486 g/mol. The van der Waals surface area contributed by atoms with Gasteiger partial charge in [-0.25, -0.2) is 4.79 Å². The van der Waals surface area contributed by atoms with Gasteiger partial charge < -0.3 is 20.5 Å². The van der Waals surface area contributed by atoms with Crippen LogP contribution in [0.25, 0.3) is 0 Å². The van der Waals surface area contributed by atoms with Crippen LogP contribution in [-0.2, 0) is 14.3 Å². The van der Waals surface area contributed by atoms with Gasteiger partial charge in [0.2, 0.25) is 5.91 Å². The molecule has 0 aromatic heterocycles. The second-order valence-corrected chi connectivity index (χ2v) is 10.2. The molecule has 0 aliphatic heterocycles. The van der Waals surface area contributed by atoms with E-state index in [-0.39, 0.29) is 17.7 Å². The molecular weight excluding hydrogens is 446 g/mol. The number of nitrogens with zero attached hydrogens (tertiary/aromatic N) is 1. The molecule has 1 aliphatic rings. The molecule has 3 atom stereocenters. The number of nitrogens with one attached hydrogen (secondary N) is 2. The molecule has 1 aliphatic carbocycles. The Morgan fingerprint density at radius 1 is 1.17 bits per heavy atom. The summed E-state index contributed by atoms with van der Waals surface area (Å²) in [6.07, 6.45) is 10.6. The standard InChI is InChI=1S/C27H39N3O5/c1-7-18(3)22(29-26(34)35-27(4,5)6)25(33)30(8-2)23(19-14-16-21(31)17-15-19)24(32)28-20-12-10-9-11-13-20/h2,14-18,20,22-23,31H,7,9-13H2,1,3-6H3,(H,28,32)(H,29,34). The third-order valence-electron chi connectivity index (χ3n) is 6.19. The van der Waals surface area contributed by atoms with Crippen LogP contribution < -0.4 is 10.6 Å². The Hall–Kier alpha value is -3.21. The van der Waals surface area contributed by atoms with Gasteiger partial charge in [0.05, 0.1) is 0 Å². The molecule has 0 spiro atoms. The van der Waals surface area contributed by atoms with Crippen LogP contribution in [0.1, 0.15) is 84.7 Å². The number of aromatic hydroxyl groups is 1. The van der Waals surface area contributed by atoms with Crippen molar-refractivity contribution in [3.63, 3.8) is 0 Å². The van der Waals surface area contributed by atoms with E-state index in [1.807, 2.05) is 13.8 Å². The van der Waals surface area contributed by atoms with Gasteiger partial charge in [-0.2, -0.15) is 0 Å². The summed E-state index contributed by atoms with van der Waals surface area (Å²) in [7, 11) is 0. The van der Waals surface area contributed by atoms with Gasteiger partial charge >= 0.3 is 6.09 Å². The normalized spacial score (nSPS) is 16.8. The zero-order valence-electron chi connectivity index (χ0n) is 21.5. The van der Waals surface area contributed by atoms with E-state index in [1.54, 1.807) is 32.9 Å². The van der Waals surface area contributed by atoms with Crippen LogP contribution in [0.3, 0.4) is 0 Å². The van der Waals surface area contributed by atoms with Crippen LogP contribution >= 0.6 is 0 Å². The summed E-state index contributed by atoms with van der Waals surface area (Å²) < 4.78 is 5.35. The summed E-state index contributed by atoms with van der Waals surface area (Å²) in [6, 6.07) is 6.30. The Morgan fingerprint density at radius 2 is 1.77 bits per heavy atom. The van der Waals surface area contributed by atoms with Crippen molar-refractivity contribution in [2.45, 2.75) is 96.9 Å². The Balaban J connectivity index is 2.38. The second kappa shape index (κ2) is 12.5. The molecule has 1 fully saturated rings. The first-order chi connectivity index (χ1) is 16.5. The van der Waals surface area contributed by atoms with Crippen molar-refractivity contribution in [2.75, 3.05) is 0 Å². The van der Waals surface area contributed by atoms with Gasteiger partial charge in [-0.1, -0.05) is 58.1 Å². The van der Waals surface area contributed by atoms with E-state index in [4.69, 9.17) is 11.2 Å². The van der Waals surface area contributed by atoms with Gasteiger partial charge in [0, 0.05) is 12.1 Å². The van der Waals surface area contributed by atoms with Crippen molar-refractivity contribution >= 4 is 17.9 Å². The molecule has 8 heteroatoms. The minimum atomic E-state index is -1.12. The Bertz CT molecular complexity index is 910. The van der Waals surface area contributed by atoms with E-state index in [1.165, 1.54) is 12.1 Å². The van der Waals surface area contributed by atoms with Crippen molar-refractivity contribution in [1.29, 1.82) is 0 Å². The van der Waals surface area contributed by atoms with E-state index < -0.39 is 35.6 Å². The van der Waals surface area contributed by atoms with E-state index in [0.717, 1.165) is 37.0 Å². The smallest absolute Gasteiger partial charge is 0.408 e. The monoisotopic (exact) mass is 485 g/mol. The number of carbonyl (C=O) groups is 3. The number of ether oxygens (including phenoxy) is 1. The summed E-state index contributed by atoms with van der Waals surface area (Å²) in [6.45, 7) is 8.92.